The van der Waals surface area contributed by atoms with E-state index in [1.807, 2.05) is 0 Å². The highest BCUT2D eigenvalue weighted by molar-refractivity contribution is 7.89. The Morgan fingerprint density at radius 1 is 1.42 bits per heavy atom. The largest absolute Gasteiger partial charge is 0.497 e. The average Bonchev–Trinajstić information content (AvgIpc) is 3.18. The summed E-state index contributed by atoms with van der Waals surface area (Å²) in [6.07, 6.45) is 2.58. The summed E-state index contributed by atoms with van der Waals surface area (Å²) in [4.78, 5) is 0.201. The van der Waals surface area contributed by atoms with Crippen molar-refractivity contribution in [1.29, 1.82) is 0 Å². The molecule has 19 heavy (non-hydrogen) atoms. The zero-order valence-corrected chi connectivity index (χ0v) is 11.7. The van der Waals surface area contributed by atoms with Crippen LogP contribution in [0.1, 0.15) is 19.3 Å². The molecule has 1 aliphatic carbocycles. The molecule has 1 aromatic rings. The number of benzene rings is 1. The molecule has 0 unspecified atom stereocenters. The lowest BCUT2D eigenvalue weighted by Crippen LogP contribution is -2.30. The van der Waals surface area contributed by atoms with Crippen LogP contribution in [0.2, 0.25) is 0 Å². The van der Waals surface area contributed by atoms with Gasteiger partial charge in [-0.3, -0.25) is 0 Å². The fourth-order valence-electron chi connectivity index (χ4n) is 2.03. The lowest BCUT2D eigenvalue weighted by molar-refractivity contribution is 0.249. The van der Waals surface area contributed by atoms with E-state index < -0.39 is 10.0 Å². The molecular formula is C13H19NO4S. The van der Waals surface area contributed by atoms with E-state index in [0.29, 0.717) is 18.7 Å². The van der Waals surface area contributed by atoms with Gasteiger partial charge in [-0.25, -0.2) is 13.1 Å². The Bertz CT molecular complexity index is 537. The van der Waals surface area contributed by atoms with Gasteiger partial charge in [-0.15, -0.1) is 0 Å². The Kier molecular flexibility index (Phi) is 4.13. The number of methoxy groups -OCH3 is 1. The normalized spacial score (nSPS) is 17.2. The van der Waals surface area contributed by atoms with Crippen molar-refractivity contribution in [1.82, 2.24) is 4.72 Å². The number of sulfonamides is 1. The molecule has 1 fully saturated rings. The van der Waals surface area contributed by atoms with Crippen LogP contribution < -0.4 is 9.46 Å². The molecule has 1 saturated carbocycles. The lowest BCUT2D eigenvalue weighted by Gasteiger charge is -2.15. The van der Waals surface area contributed by atoms with E-state index >= 15 is 0 Å². The first-order chi connectivity index (χ1) is 9.01. The van der Waals surface area contributed by atoms with Crippen molar-refractivity contribution in [3.05, 3.63) is 24.3 Å². The molecule has 6 heteroatoms. The monoisotopic (exact) mass is 285 g/mol. The molecule has 0 bridgehead atoms. The molecule has 0 saturated heterocycles. The quantitative estimate of drug-likeness (QED) is 0.787. The third-order valence-electron chi connectivity index (χ3n) is 3.59. The number of ether oxygens (including phenoxy) is 1. The van der Waals surface area contributed by atoms with Gasteiger partial charge in [-0.1, -0.05) is 6.07 Å². The molecule has 0 aromatic heterocycles. The van der Waals surface area contributed by atoms with E-state index in [1.165, 1.54) is 19.2 Å². The third-order valence-corrected chi connectivity index (χ3v) is 4.99. The summed E-state index contributed by atoms with van der Waals surface area (Å²) in [5.74, 6) is 0.513. The summed E-state index contributed by atoms with van der Waals surface area (Å²) >= 11 is 0. The van der Waals surface area contributed by atoms with Crippen LogP contribution >= 0.6 is 0 Å². The van der Waals surface area contributed by atoms with Crippen molar-refractivity contribution in [3.63, 3.8) is 0 Å². The van der Waals surface area contributed by atoms with Crippen molar-refractivity contribution in [2.45, 2.75) is 24.2 Å². The highest BCUT2D eigenvalue weighted by Gasteiger charge is 2.42. The summed E-state index contributed by atoms with van der Waals surface area (Å²) in [6.45, 7) is 0.480. The van der Waals surface area contributed by atoms with E-state index in [1.54, 1.807) is 12.1 Å². The molecule has 2 rings (SSSR count). The van der Waals surface area contributed by atoms with E-state index in [2.05, 4.69) is 4.72 Å². The fourth-order valence-corrected chi connectivity index (χ4v) is 3.22. The van der Waals surface area contributed by atoms with Gasteiger partial charge in [-0.05, 0) is 36.8 Å². The number of nitrogens with one attached hydrogen (secondary N) is 1. The van der Waals surface area contributed by atoms with E-state index in [9.17, 15) is 8.42 Å². The van der Waals surface area contributed by atoms with Gasteiger partial charge in [-0.2, -0.15) is 0 Å². The molecule has 106 valence electrons. The molecule has 0 heterocycles. The summed E-state index contributed by atoms with van der Waals surface area (Å²) in [7, 11) is -2.02. The van der Waals surface area contributed by atoms with Crippen LogP contribution in [0.25, 0.3) is 0 Å². The second-order valence-corrected chi connectivity index (χ2v) is 6.74. The Morgan fingerprint density at radius 3 is 2.74 bits per heavy atom. The maximum absolute atomic E-state index is 12.1. The highest BCUT2D eigenvalue weighted by Crippen LogP contribution is 2.48. The smallest absolute Gasteiger partial charge is 0.240 e. The standard InChI is InChI=1S/C13H19NO4S/c1-18-11-3-2-4-12(9-11)19(16,17)14-10-13(5-6-13)7-8-15/h2-4,9,14-15H,5-8,10H2,1H3. The molecule has 0 amide bonds. The van der Waals surface area contributed by atoms with Crippen molar-refractivity contribution in [2.75, 3.05) is 20.3 Å². The van der Waals surface area contributed by atoms with E-state index in [-0.39, 0.29) is 16.9 Å². The second kappa shape index (κ2) is 5.48. The van der Waals surface area contributed by atoms with Gasteiger partial charge in [0.2, 0.25) is 10.0 Å². The first kappa shape index (κ1) is 14.3. The third kappa shape index (κ3) is 3.46. The van der Waals surface area contributed by atoms with Gasteiger partial charge in [0, 0.05) is 19.2 Å². The van der Waals surface area contributed by atoms with E-state index in [4.69, 9.17) is 9.84 Å². The van der Waals surface area contributed by atoms with Crippen LogP contribution in [0.3, 0.4) is 0 Å². The first-order valence-corrected chi connectivity index (χ1v) is 7.74. The van der Waals surface area contributed by atoms with Crippen LogP contribution in [-0.4, -0.2) is 33.8 Å². The Labute approximate surface area is 113 Å². The Hall–Kier alpha value is -1.11. The van der Waals surface area contributed by atoms with Crippen molar-refractivity contribution >= 4 is 10.0 Å². The predicted molar refractivity (Wildman–Crippen MR) is 71.6 cm³/mol. The average molecular weight is 285 g/mol. The van der Waals surface area contributed by atoms with Crippen LogP contribution in [0, 0.1) is 5.41 Å². The Morgan fingerprint density at radius 2 is 2.16 bits per heavy atom. The summed E-state index contributed by atoms with van der Waals surface area (Å²) in [5.41, 5.74) is -0.0410. The van der Waals surface area contributed by atoms with Crippen molar-refractivity contribution in [3.8, 4) is 5.75 Å². The molecule has 0 radical (unpaired) electrons. The SMILES string of the molecule is COc1cccc(S(=O)(=O)NCC2(CCO)CC2)c1. The number of hydrogen-bond acceptors (Lipinski definition) is 4. The maximum Gasteiger partial charge on any atom is 0.240 e. The maximum atomic E-state index is 12.1. The molecule has 0 atom stereocenters. The van der Waals surface area contributed by atoms with Gasteiger partial charge in [0.25, 0.3) is 0 Å². The zero-order valence-electron chi connectivity index (χ0n) is 10.9. The summed E-state index contributed by atoms with van der Waals surface area (Å²) < 4.78 is 31.9. The van der Waals surface area contributed by atoms with Gasteiger partial charge >= 0.3 is 0 Å². The van der Waals surface area contributed by atoms with Crippen LogP contribution in [0.15, 0.2) is 29.2 Å². The first-order valence-electron chi connectivity index (χ1n) is 6.26. The van der Waals surface area contributed by atoms with Gasteiger partial charge in [0.05, 0.1) is 12.0 Å². The molecule has 5 nitrogen and oxygen atoms in total. The Balaban J connectivity index is 2.05. The number of aliphatic hydroxyl groups is 1. The zero-order chi connectivity index (χ0) is 13.9. The number of rotatable bonds is 7. The lowest BCUT2D eigenvalue weighted by atomic mass is 10.0. The summed E-state index contributed by atoms with van der Waals surface area (Å²) in [6, 6.07) is 6.38. The predicted octanol–water partition coefficient (Wildman–Crippen LogP) is 1.14. The van der Waals surface area contributed by atoms with Gasteiger partial charge < -0.3 is 9.84 Å². The van der Waals surface area contributed by atoms with Crippen molar-refractivity contribution in [2.24, 2.45) is 5.41 Å². The molecule has 1 aliphatic rings. The van der Waals surface area contributed by atoms with Crippen LogP contribution in [-0.2, 0) is 10.0 Å². The van der Waals surface area contributed by atoms with Crippen LogP contribution in [0.4, 0.5) is 0 Å². The minimum absolute atomic E-state index is 0.0410. The second-order valence-electron chi connectivity index (χ2n) is 4.98. The molecule has 0 aliphatic heterocycles. The molecule has 1 aromatic carbocycles. The van der Waals surface area contributed by atoms with E-state index in [0.717, 1.165) is 12.8 Å². The molecular weight excluding hydrogens is 266 g/mol. The van der Waals surface area contributed by atoms with Gasteiger partial charge in [0.1, 0.15) is 5.75 Å². The number of hydrogen-bond donors (Lipinski definition) is 2. The minimum Gasteiger partial charge on any atom is -0.497 e. The molecule has 2 N–H and O–H groups in total. The molecule has 0 spiro atoms. The number of aliphatic hydroxyl groups excluding tert-OH is 1. The van der Waals surface area contributed by atoms with Crippen LogP contribution in [0.5, 0.6) is 5.75 Å². The van der Waals surface area contributed by atoms with Crippen molar-refractivity contribution < 1.29 is 18.3 Å². The highest BCUT2D eigenvalue weighted by atomic mass is 32.2. The summed E-state index contributed by atoms with van der Waals surface area (Å²) in [5, 5.41) is 8.96. The topological polar surface area (TPSA) is 75.6 Å². The van der Waals surface area contributed by atoms with Gasteiger partial charge in [0.15, 0.2) is 0 Å². The minimum atomic E-state index is -3.52. The fraction of sp³-hybridized carbons (Fsp3) is 0.538.